The number of carbonyl (C=O) groups excluding carboxylic acids is 1. The predicted molar refractivity (Wildman–Crippen MR) is 62.8 cm³/mol. The molecule has 1 saturated heterocycles. The Morgan fingerprint density at radius 1 is 1.47 bits per heavy atom. The molecular formula is C11H13F3N2O2S. The molecular weight excluding hydrogens is 281 g/mol. The van der Waals surface area contributed by atoms with Crippen LogP contribution in [0, 0.1) is 0 Å². The van der Waals surface area contributed by atoms with E-state index in [1.165, 1.54) is 0 Å². The molecule has 1 aromatic heterocycles. The van der Waals surface area contributed by atoms with E-state index >= 15 is 0 Å². The molecule has 0 saturated carbocycles. The number of carbonyl (C=O) groups is 1. The Morgan fingerprint density at radius 2 is 2.21 bits per heavy atom. The van der Waals surface area contributed by atoms with Crippen molar-refractivity contribution in [1.82, 2.24) is 10.1 Å². The largest absolute Gasteiger partial charge is 0.450 e. The molecule has 1 aliphatic heterocycles. The fourth-order valence-electron chi connectivity index (χ4n) is 1.86. The van der Waals surface area contributed by atoms with Gasteiger partial charge in [-0.25, -0.2) is 0 Å². The van der Waals surface area contributed by atoms with Crippen LogP contribution < -0.4 is 0 Å². The van der Waals surface area contributed by atoms with Gasteiger partial charge >= 0.3 is 6.18 Å². The molecule has 1 aliphatic rings. The number of hydrogen-bond acceptors (Lipinski definition) is 5. The van der Waals surface area contributed by atoms with Gasteiger partial charge in [0.15, 0.2) is 5.82 Å². The lowest BCUT2D eigenvalue weighted by atomic mass is 10.1. The van der Waals surface area contributed by atoms with Crippen LogP contribution in [0.1, 0.15) is 49.1 Å². The average Bonchev–Trinajstić information content (AvgIpc) is 2.86. The monoisotopic (exact) mass is 294 g/mol. The van der Waals surface area contributed by atoms with Gasteiger partial charge in [-0.1, -0.05) is 11.6 Å². The van der Waals surface area contributed by atoms with E-state index in [4.69, 9.17) is 4.52 Å². The van der Waals surface area contributed by atoms with E-state index in [0.29, 0.717) is 5.82 Å². The number of rotatable bonds is 3. The molecule has 2 atom stereocenters. The molecule has 0 amide bonds. The number of hydrogen-bond donors (Lipinski definition) is 0. The van der Waals surface area contributed by atoms with Crippen LogP contribution in [0.5, 0.6) is 0 Å². The number of ketones is 1. The van der Waals surface area contributed by atoms with Crippen molar-refractivity contribution in [3.8, 4) is 0 Å². The Morgan fingerprint density at radius 3 is 2.79 bits per heavy atom. The summed E-state index contributed by atoms with van der Waals surface area (Å²) in [5.41, 5.74) is 0. The molecule has 1 fully saturated rings. The van der Waals surface area contributed by atoms with Crippen LogP contribution in [-0.2, 0) is 4.79 Å². The molecule has 0 bridgehead atoms. The van der Waals surface area contributed by atoms with E-state index in [0.717, 1.165) is 31.9 Å². The Bertz CT molecular complexity index is 455. The minimum absolute atomic E-state index is 0.0550. The molecule has 0 spiro atoms. The van der Waals surface area contributed by atoms with Crippen LogP contribution in [0.4, 0.5) is 13.2 Å². The van der Waals surface area contributed by atoms with Crippen molar-refractivity contribution in [3.63, 3.8) is 0 Å². The first-order valence-electron chi connectivity index (χ1n) is 5.95. The summed E-state index contributed by atoms with van der Waals surface area (Å²) in [7, 11) is 0. The van der Waals surface area contributed by atoms with Gasteiger partial charge < -0.3 is 4.52 Å². The van der Waals surface area contributed by atoms with Crippen molar-refractivity contribution in [2.24, 2.45) is 0 Å². The lowest BCUT2D eigenvalue weighted by Crippen LogP contribution is -2.27. The number of aromatic nitrogens is 2. The summed E-state index contributed by atoms with van der Waals surface area (Å²) in [5.74, 6) is -2.20. The first-order chi connectivity index (χ1) is 8.89. The van der Waals surface area contributed by atoms with Gasteiger partial charge in [0.2, 0.25) is 11.7 Å². The van der Waals surface area contributed by atoms with Crippen molar-refractivity contribution >= 4 is 17.5 Å². The van der Waals surface area contributed by atoms with E-state index in [9.17, 15) is 18.0 Å². The first-order valence-corrected chi connectivity index (χ1v) is 7.00. The minimum Gasteiger partial charge on any atom is -0.339 e. The van der Waals surface area contributed by atoms with Crippen LogP contribution in [0.2, 0.25) is 0 Å². The van der Waals surface area contributed by atoms with E-state index < -0.39 is 17.9 Å². The third-order valence-electron chi connectivity index (χ3n) is 2.97. The molecule has 2 unspecified atom stereocenters. The molecule has 1 aromatic rings. The molecule has 8 heteroatoms. The normalized spacial score (nSPS) is 22.2. The molecule has 0 aliphatic carbocycles. The zero-order valence-electron chi connectivity index (χ0n) is 10.2. The maximum Gasteiger partial charge on any atom is 0.450 e. The van der Waals surface area contributed by atoms with Gasteiger partial charge in [-0.3, -0.25) is 4.79 Å². The Balaban J connectivity index is 2.10. The Labute approximate surface area is 112 Å². The number of nitrogens with zero attached hydrogens (tertiary/aromatic N) is 2. The highest BCUT2D eigenvalue weighted by Gasteiger charge is 2.44. The molecule has 4 nitrogen and oxygen atoms in total. The second-order valence-electron chi connectivity index (χ2n) is 4.43. The number of alkyl halides is 3. The van der Waals surface area contributed by atoms with Crippen LogP contribution in [-0.4, -0.2) is 27.9 Å². The van der Waals surface area contributed by atoms with Gasteiger partial charge in [-0.15, -0.1) is 0 Å². The topological polar surface area (TPSA) is 56.0 Å². The maximum absolute atomic E-state index is 12.3. The lowest BCUT2D eigenvalue weighted by molar-refractivity contribution is -0.172. The summed E-state index contributed by atoms with van der Waals surface area (Å²) in [5, 5.41) is 3.75. The summed E-state index contributed by atoms with van der Waals surface area (Å²) < 4.78 is 41.7. The highest BCUT2D eigenvalue weighted by molar-refractivity contribution is 7.99. The Kier molecular flexibility index (Phi) is 4.17. The first kappa shape index (κ1) is 14.4. The highest BCUT2D eigenvalue weighted by Crippen LogP contribution is 2.37. The van der Waals surface area contributed by atoms with Gasteiger partial charge in [0.05, 0.1) is 5.25 Å². The van der Waals surface area contributed by atoms with Crippen LogP contribution >= 0.6 is 11.8 Å². The summed E-state index contributed by atoms with van der Waals surface area (Å²) in [4.78, 5) is 15.0. The third kappa shape index (κ3) is 3.29. The molecule has 106 valence electrons. The molecule has 19 heavy (non-hydrogen) atoms. The smallest absolute Gasteiger partial charge is 0.339 e. The zero-order chi connectivity index (χ0) is 14.0. The van der Waals surface area contributed by atoms with Gasteiger partial charge in [-0.2, -0.15) is 29.9 Å². The highest BCUT2D eigenvalue weighted by atomic mass is 32.2. The number of thioether (sulfide) groups is 1. The van der Waals surface area contributed by atoms with Gasteiger partial charge in [-0.05, 0) is 25.5 Å². The van der Waals surface area contributed by atoms with E-state index in [1.54, 1.807) is 11.8 Å². The molecule has 0 radical (unpaired) electrons. The van der Waals surface area contributed by atoms with Gasteiger partial charge in [0.25, 0.3) is 0 Å². The number of Topliss-reactive ketones (excluding diaryl/α,β-unsaturated/α-hetero) is 1. The lowest BCUT2D eigenvalue weighted by Gasteiger charge is -2.17. The molecule has 0 N–H and O–H groups in total. The summed E-state index contributed by atoms with van der Waals surface area (Å²) in [6.07, 6.45) is -1.84. The third-order valence-corrected chi connectivity index (χ3v) is 4.34. The van der Waals surface area contributed by atoms with Crippen molar-refractivity contribution in [2.45, 2.75) is 43.5 Å². The van der Waals surface area contributed by atoms with E-state index in [-0.39, 0.29) is 11.1 Å². The predicted octanol–water partition coefficient (Wildman–Crippen LogP) is 3.26. The SMILES string of the molecule is CC(C(=O)C(F)(F)F)c1nc(C2CCCCS2)no1. The van der Waals surface area contributed by atoms with E-state index in [1.807, 2.05) is 0 Å². The van der Waals surface area contributed by atoms with Crippen molar-refractivity contribution < 1.29 is 22.5 Å². The van der Waals surface area contributed by atoms with Crippen LogP contribution in [0.25, 0.3) is 0 Å². The fourth-order valence-corrected chi connectivity index (χ4v) is 3.09. The van der Waals surface area contributed by atoms with E-state index in [2.05, 4.69) is 10.1 Å². The molecule has 0 aromatic carbocycles. The quantitative estimate of drug-likeness (QED) is 0.856. The summed E-state index contributed by atoms with van der Waals surface area (Å²) in [6, 6.07) is 0. The van der Waals surface area contributed by atoms with Crippen molar-refractivity contribution in [2.75, 3.05) is 5.75 Å². The fraction of sp³-hybridized carbons (Fsp3) is 0.727. The standard InChI is InChI=1S/C11H13F3N2O2S/c1-6(8(17)11(12,13)14)10-15-9(16-18-10)7-4-2-3-5-19-7/h6-7H,2-5H2,1H3. The second kappa shape index (κ2) is 5.52. The number of halogens is 3. The van der Waals surface area contributed by atoms with Gasteiger partial charge in [0.1, 0.15) is 5.92 Å². The minimum atomic E-state index is -4.88. The van der Waals surface area contributed by atoms with Crippen LogP contribution in [0.3, 0.4) is 0 Å². The van der Waals surface area contributed by atoms with Gasteiger partial charge in [0, 0.05) is 0 Å². The average molecular weight is 294 g/mol. The van der Waals surface area contributed by atoms with Crippen molar-refractivity contribution in [3.05, 3.63) is 11.7 Å². The summed E-state index contributed by atoms with van der Waals surface area (Å²) in [6.45, 7) is 1.13. The Hall–Kier alpha value is -1.05. The second-order valence-corrected chi connectivity index (χ2v) is 5.74. The van der Waals surface area contributed by atoms with Crippen LogP contribution in [0.15, 0.2) is 4.52 Å². The summed E-state index contributed by atoms with van der Waals surface area (Å²) >= 11 is 1.66. The van der Waals surface area contributed by atoms with Crippen molar-refractivity contribution in [1.29, 1.82) is 0 Å². The zero-order valence-corrected chi connectivity index (χ0v) is 11.1. The molecule has 2 heterocycles. The molecule has 2 rings (SSSR count). The maximum atomic E-state index is 12.3.